The van der Waals surface area contributed by atoms with Crippen LogP contribution in [0.25, 0.3) is 11.0 Å². The monoisotopic (exact) mass is 332 g/mol. The lowest BCUT2D eigenvalue weighted by Gasteiger charge is -2.12. The van der Waals surface area contributed by atoms with Crippen LogP contribution in [0.15, 0.2) is 42.5 Å². The highest BCUT2D eigenvalue weighted by molar-refractivity contribution is 5.97. The van der Waals surface area contributed by atoms with Crippen LogP contribution in [0.4, 0.5) is 0 Å². The van der Waals surface area contributed by atoms with E-state index < -0.39 is 0 Å². The molecule has 5 nitrogen and oxygen atoms in total. The number of hydrogen-bond acceptors (Lipinski definition) is 3. The van der Waals surface area contributed by atoms with Crippen LogP contribution in [0.3, 0.4) is 0 Å². The molecule has 0 aliphatic heterocycles. The molecule has 0 radical (unpaired) electrons. The second-order valence-electron chi connectivity index (χ2n) is 7.34. The van der Waals surface area contributed by atoms with Gasteiger partial charge in [0.15, 0.2) is 0 Å². The lowest BCUT2D eigenvalue weighted by molar-refractivity contribution is 0.0951. The second kappa shape index (κ2) is 5.15. The molecule has 0 bridgehead atoms. The minimum Gasteiger partial charge on any atom is -0.352 e. The number of aryl methyl sites for hydroxylation is 2. The summed E-state index contributed by atoms with van der Waals surface area (Å²) in [5.41, 5.74) is 5.65. The first-order chi connectivity index (χ1) is 12.2. The molecule has 1 saturated carbocycles. The van der Waals surface area contributed by atoms with Crippen LogP contribution < -0.4 is 5.32 Å². The number of fused-ring (bicyclic) bond motifs is 3. The quantitative estimate of drug-likeness (QED) is 0.802. The maximum Gasteiger partial charge on any atom is 0.251 e. The standard InChI is InChI=1S/C20H20N4O/c1-24-18-7-6-14(10-17(18)22-23-24)19(25)21-12-15-11-20(15)9-8-13-4-2-3-5-16(13)20/h2-7,10,15H,8-9,11-12H2,1H3,(H,21,25)/t15-,20-/m0/s1. The summed E-state index contributed by atoms with van der Waals surface area (Å²) in [4.78, 5) is 12.5. The summed E-state index contributed by atoms with van der Waals surface area (Å²) < 4.78 is 1.71. The summed E-state index contributed by atoms with van der Waals surface area (Å²) in [6, 6.07) is 14.3. The molecular formula is C20H20N4O. The Hall–Kier alpha value is -2.69. The number of carbonyl (C=O) groups is 1. The summed E-state index contributed by atoms with van der Waals surface area (Å²) in [6.07, 6.45) is 3.58. The normalized spacial score (nSPS) is 23.8. The van der Waals surface area contributed by atoms with Crippen molar-refractivity contribution in [1.29, 1.82) is 0 Å². The molecule has 2 atom stereocenters. The van der Waals surface area contributed by atoms with E-state index >= 15 is 0 Å². The van der Waals surface area contributed by atoms with Crippen molar-refractivity contribution in [3.63, 3.8) is 0 Å². The summed E-state index contributed by atoms with van der Waals surface area (Å²) >= 11 is 0. The maximum absolute atomic E-state index is 12.5. The van der Waals surface area contributed by atoms with Gasteiger partial charge in [-0.2, -0.15) is 0 Å². The number of nitrogens with zero attached hydrogens (tertiary/aromatic N) is 3. The van der Waals surface area contributed by atoms with E-state index in [2.05, 4.69) is 39.9 Å². The maximum atomic E-state index is 12.5. The Labute approximate surface area is 146 Å². The third kappa shape index (κ3) is 2.18. The van der Waals surface area contributed by atoms with E-state index in [1.807, 2.05) is 25.2 Å². The summed E-state index contributed by atoms with van der Waals surface area (Å²) in [5, 5.41) is 11.2. The van der Waals surface area contributed by atoms with Crippen LogP contribution in [-0.4, -0.2) is 27.4 Å². The number of carbonyl (C=O) groups excluding carboxylic acids is 1. The van der Waals surface area contributed by atoms with Crippen molar-refractivity contribution in [3.8, 4) is 0 Å². The van der Waals surface area contributed by atoms with Crippen LogP contribution in [0.1, 0.15) is 34.3 Å². The molecule has 5 rings (SSSR count). The van der Waals surface area contributed by atoms with Crippen molar-refractivity contribution >= 4 is 16.9 Å². The van der Waals surface area contributed by atoms with Crippen LogP contribution in [0.5, 0.6) is 0 Å². The molecule has 1 aromatic heterocycles. The Balaban J connectivity index is 1.28. The average molecular weight is 332 g/mol. The molecule has 25 heavy (non-hydrogen) atoms. The molecule has 0 saturated heterocycles. The van der Waals surface area contributed by atoms with E-state index in [0.29, 0.717) is 16.9 Å². The van der Waals surface area contributed by atoms with Gasteiger partial charge >= 0.3 is 0 Å². The number of hydrogen-bond donors (Lipinski definition) is 1. The van der Waals surface area contributed by atoms with Gasteiger partial charge in [0.1, 0.15) is 5.52 Å². The van der Waals surface area contributed by atoms with Gasteiger partial charge in [-0.3, -0.25) is 4.79 Å². The number of benzene rings is 2. The molecule has 5 heteroatoms. The first-order valence-electron chi connectivity index (χ1n) is 8.83. The Morgan fingerprint density at radius 3 is 3.12 bits per heavy atom. The smallest absolute Gasteiger partial charge is 0.251 e. The van der Waals surface area contributed by atoms with E-state index in [0.717, 1.165) is 17.6 Å². The van der Waals surface area contributed by atoms with Crippen molar-refractivity contribution < 1.29 is 4.79 Å². The predicted molar refractivity (Wildman–Crippen MR) is 95.4 cm³/mol. The van der Waals surface area contributed by atoms with Gasteiger partial charge in [-0.05, 0) is 54.5 Å². The Bertz CT molecular complexity index is 992. The molecule has 2 aromatic carbocycles. The molecule has 1 spiro atoms. The molecule has 1 heterocycles. The van der Waals surface area contributed by atoms with Gasteiger partial charge in [0, 0.05) is 24.6 Å². The summed E-state index contributed by atoms with van der Waals surface area (Å²) in [5.74, 6) is 0.529. The largest absolute Gasteiger partial charge is 0.352 e. The topological polar surface area (TPSA) is 59.8 Å². The molecular weight excluding hydrogens is 312 g/mol. The molecule has 3 aromatic rings. The van der Waals surface area contributed by atoms with Gasteiger partial charge < -0.3 is 5.32 Å². The van der Waals surface area contributed by atoms with E-state index in [-0.39, 0.29) is 5.91 Å². The van der Waals surface area contributed by atoms with Crippen LogP contribution in [-0.2, 0) is 18.9 Å². The fourth-order valence-corrected chi connectivity index (χ4v) is 4.50. The average Bonchev–Trinajstić information content (AvgIpc) is 3.04. The highest BCUT2D eigenvalue weighted by Crippen LogP contribution is 2.61. The Morgan fingerprint density at radius 2 is 2.20 bits per heavy atom. The first kappa shape index (κ1) is 14.6. The highest BCUT2D eigenvalue weighted by atomic mass is 16.1. The Morgan fingerprint density at radius 1 is 1.32 bits per heavy atom. The summed E-state index contributed by atoms with van der Waals surface area (Å²) in [7, 11) is 1.85. The van der Waals surface area contributed by atoms with Crippen molar-refractivity contribution in [1.82, 2.24) is 20.3 Å². The summed E-state index contributed by atoms with van der Waals surface area (Å²) in [6.45, 7) is 0.742. The first-order valence-corrected chi connectivity index (χ1v) is 8.83. The van der Waals surface area contributed by atoms with Crippen LogP contribution >= 0.6 is 0 Å². The lowest BCUT2D eigenvalue weighted by atomic mass is 9.95. The molecule has 126 valence electrons. The number of aromatic nitrogens is 3. The third-order valence-corrected chi connectivity index (χ3v) is 6.01. The molecule has 1 N–H and O–H groups in total. The van der Waals surface area contributed by atoms with Crippen LogP contribution in [0.2, 0.25) is 0 Å². The zero-order valence-corrected chi connectivity index (χ0v) is 14.2. The van der Waals surface area contributed by atoms with Gasteiger partial charge in [-0.25, -0.2) is 4.68 Å². The molecule has 0 unspecified atom stereocenters. The fraction of sp³-hybridized carbons (Fsp3) is 0.350. The van der Waals surface area contributed by atoms with Gasteiger partial charge in [0.2, 0.25) is 0 Å². The minimum atomic E-state index is -0.0270. The highest BCUT2D eigenvalue weighted by Gasteiger charge is 2.57. The van der Waals surface area contributed by atoms with E-state index in [1.165, 1.54) is 30.4 Å². The van der Waals surface area contributed by atoms with E-state index in [4.69, 9.17) is 0 Å². The van der Waals surface area contributed by atoms with Gasteiger partial charge in [0.25, 0.3) is 5.91 Å². The van der Waals surface area contributed by atoms with Crippen LogP contribution in [0, 0.1) is 5.92 Å². The zero-order chi connectivity index (χ0) is 17.0. The third-order valence-electron chi connectivity index (χ3n) is 6.01. The van der Waals surface area contributed by atoms with Gasteiger partial charge in [-0.1, -0.05) is 29.5 Å². The van der Waals surface area contributed by atoms with Crippen molar-refractivity contribution in [3.05, 3.63) is 59.2 Å². The van der Waals surface area contributed by atoms with Crippen molar-refractivity contribution in [2.24, 2.45) is 13.0 Å². The molecule has 2 aliphatic rings. The van der Waals surface area contributed by atoms with E-state index in [1.54, 1.807) is 4.68 Å². The van der Waals surface area contributed by atoms with Gasteiger partial charge in [-0.15, -0.1) is 5.10 Å². The minimum absolute atomic E-state index is 0.0270. The van der Waals surface area contributed by atoms with Gasteiger partial charge in [0.05, 0.1) is 5.52 Å². The fourth-order valence-electron chi connectivity index (χ4n) is 4.50. The second-order valence-corrected chi connectivity index (χ2v) is 7.34. The number of amides is 1. The Kier molecular flexibility index (Phi) is 3.02. The zero-order valence-electron chi connectivity index (χ0n) is 14.2. The molecule has 2 aliphatic carbocycles. The lowest BCUT2D eigenvalue weighted by Crippen LogP contribution is -2.27. The van der Waals surface area contributed by atoms with Crippen molar-refractivity contribution in [2.75, 3.05) is 6.54 Å². The van der Waals surface area contributed by atoms with E-state index in [9.17, 15) is 4.79 Å². The number of rotatable bonds is 3. The molecule has 1 fully saturated rings. The van der Waals surface area contributed by atoms with Crippen molar-refractivity contribution in [2.45, 2.75) is 24.7 Å². The predicted octanol–water partition coefficient (Wildman–Crippen LogP) is 2.60. The SMILES string of the molecule is Cn1nnc2cc(C(=O)NC[C@@H]3C[C@@]34CCc3ccccc34)ccc21. The number of nitrogens with one attached hydrogen (secondary N) is 1. The molecule has 1 amide bonds.